The van der Waals surface area contributed by atoms with Gasteiger partial charge in [0.25, 0.3) is 0 Å². The SMILES string of the molecule is C#CCNC(=O)CN1CCCN(C(=O)CC2C=CCC2)CC1. The van der Waals surface area contributed by atoms with Gasteiger partial charge in [0.05, 0.1) is 13.1 Å². The third-order valence-electron chi connectivity index (χ3n) is 4.25. The maximum Gasteiger partial charge on any atom is 0.234 e. The van der Waals surface area contributed by atoms with Crippen LogP contribution in [0.3, 0.4) is 0 Å². The molecule has 0 radical (unpaired) electrons. The number of nitrogens with one attached hydrogen (secondary N) is 1. The van der Waals surface area contributed by atoms with Gasteiger partial charge in [-0.25, -0.2) is 0 Å². The molecule has 0 aromatic carbocycles. The first kappa shape index (κ1) is 16.6. The number of nitrogens with zero attached hydrogens (tertiary/aromatic N) is 2. The van der Waals surface area contributed by atoms with Crippen molar-refractivity contribution in [1.29, 1.82) is 0 Å². The molecule has 0 aromatic heterocycles. The monoisotopic (exact) mass is 303 g/mol. The van der Waals surface area contributed by atoms with Crippen molar-refractivity contribution in [2.75, 3.05) is 39.3 Å². The number of amides is 2. The zero-order valence-corrected chi connectivity index (χ0v) is 13.1. The third kappa shape index (κ3) is 5.19. The van der Waals surface area contributed by atoms with E-state index in [4.69, 9.17) is 6.42 Å². The standard InChI is InChI=1S/C17H25N3O2/c1-2-8-18-16(21)14-19-9-5-10-20(12-11-19)17(22)13-15-6-3-4-7-15/h1,3,6,15H,4-5,7-14H2,(H,18,21). The molecule has 120 valence electrons. The van der Waals surface area contributed by atoms with Crippen LogP contribution < -0.4 is 5.32 Å². The van der Waals surface area contributed by atoms with Crippen molar-refractivity contribution in [3.63, 3.8) is 0 Å². The van der Waals surface area contributed by atoms with Crippen LogP contribution in [0, 0.1) is 18.3 Å². The number of hydrogen-bond acceptors (Lipinski definition) is 3. The summed E-state index contributed by atoms with van der Waals surface area (Å²) in [5.41, 5.74) is 0. The van der Waals surface area contributed by atoms with E-state index in [1.54, 1.807) is 0 Å². The largest absolute Gasteiger partial charge is 0.344 e. The Kier molecular flexibility index (Phi) is 6.47. The fourth-order valence-electron chi connectivity index (χ4n) is 3.01. The van der Waals surface area contributed by atoms with Crippen LogP contribution >= 0.6 is 0 Å². The average molecular weight is 303 g/mol. The van der Waals surface area contributed by atoms with E-state index in [9.17, 15) is 9.59 Å². The molecule has 22 heavy (non-hydrogen) atoms. The van der Waals surface area contributed by atoms with Crippen molar-refractivity contribution in [2.45, 2.75) is 25.7 Å². The number of carbonyl (C=O) groups excluding carboxylic acids is 2. The maximum absolute atomic E-state index is 12.3. The third-order valence-corrected chi connectivity index (χ3v) is 4.25. The van der Waals surface area contributed by atoms with Gasteiger partial charge in [0.2, 0.25) is 11.8 Å². The van der Waals surface area contributed by atoms with E-state index in [2.05, 4.69) is 28.3 Å². The summed E-state index contributed by atoms with van der Waals surface area (Å²) in [7, 11) is 0. The molecule has 0 saturated carbocycles. The molecule has 5 nitrogen and oxygen atoms in total. The summed E-state index contributed by atoms with van der Waals surface area (Å²) in [4.78, 5) is 28.1. The molecule has 1 N–H and O–H groups in total. The molecule has 1 unspecified atom stereocenters. The lowest BCUT2D eigenvalue weighted by molar-refractivity contribution is -0.131. The summed E-state index contributed by atoms with van der Waals surface area (Å²) >= 11 is 0. The van der Waals surface area contributed by atoms with Gasteiger partial charge in [-0.1, -0.05) is 18.1 Å². The van der Waals surface area contributed by atoms with Crippen LogP contribution in [-0.2, 0) is 9.59 Å². The van der Waals surface area contributed by atoms with Crippen LogP contribution in [0.2, 0.25) is 0 Å². The smallest absolute Gasteiger partial charge is 0.234 e. The summed E-state index contributed by atoms with van der Waals surface area (Å²) < 4.78 is 0. The van der Waals surface area contributed by atoms with Gasteiger partial charge in [-0.3, -0.25) is 14.5 Å². The molecule has 1 atom stereocenters. The number of rotatable bonds is 5. The minimum Gasteiger partial charge on any atom is -0.344 e. The second kappa shape index (κ2) is 8.60. The van der Waals surface area contributed by atoms with E-state index in [0.717, 1.165) is 38.9 Å². The highest BCUT2D eigenvalue weighted by atomic mass is 16.2. The van der Waals surface area contributed by atoms with Crippen molar-refractivity contribution in [2.24, 2.45) is 5.92 Å². The quantitative estimate of drug-likeness (QED) is 0.598. The fraction of sp³-hybridized carbons (Fsp3) is 0.647. The zero-order valence-electron chi connectivity index (χ0n) is 13.1. The highest BCUT2D eigenvalue weighted by molar-refractivity contribution is 5.78. The molecule has 1 aliphatic heterocycles. The van der Waals surface area contributed by atoms with E-state index < -0.39 is 0 Å². The molecular formula is C17H25N3O2. The highest BCUT2D eigenvalue weighted by Gasteiger charge is 2.22. The molecule has 0 bridgehead atoms. The average Bonchev–Trinajstić information content (AvgIpc) is 2.89. The predicted octanol–water partition coefficient (Wildman–Crippen LogP) is 0.626. The summed E-state index contributed by atoms with van der Waals surface area (Å²) in [6.07, 6.45) is 13.2. The Morgan fingerprint density at radius 1 is 1.27 bits per heavy atom. The second-order valence-corrected chi connectivity index (χ2v) is 5.96. The van der Waals surface area contributed by atoms with Gasteiger partial charge in [-0.2, -0.15) is 0 Å². The Labute approximate surface area is 132 Å². The minimum atomic E-state index is -0.0474. The summed E-state index contributed by atoms with van der Waals surface area (Å²) in [6.45, 7) is 3.71. The van der Waals surface area contributed by atoms with Gasteiger partial charge in [-0.05, 0) is 25.2 Å². The fourth-order valence-corrected chi connectivity index (χ4v) is 3.01. The molecule has 1 heterocycles. The van der Waals surface area contributed by atoms with E-state index in [1.807, 2.05) is 4.90 Å². The molecule has 0 spiro atoms. The minimum absolute atomic E-state index is 0.0474. The Balaban J connectivity index is 1.74. The molecule has 2 rings (SSSR count). The van der Waals surface area contributed by atoms with Gasteiger partial charge < -0.3 is 10.2 Å². The van der Waals surface area contributed by atoms with Crippen LogP contribution in [0.1, 0.15) is 25.7 Å². The summed E-state index contributed by atoms with van der Waals surface area (Å²) in [6, 6.07) is 0. The lowest BCUT2D eigenvalue weighted by atomic mass is 10.0. The first-order valence-electron chi connectivity index (χ1n) is 8.06. The summed E-state index contributed by atoms with van der Waals surface area (Å²) in [5, 5.41) is 2.68. The molecule has 2 amide bonds. The second-order valence-electron chi connectivity index (χ2n) is 5.96. The van der Waals surface area contributed by atoms with Crippen molar-refractivity contribution in [1.82, 2.24) is 15.1 Å². The van der Waals surface area contributed by atoms with Crippen LogP contribution in [-0.4, -0.2) is 60.9 Å². The maximum atomic E-state index is 12.3. The van der Waals surface area contributed by atoms with Gasteiger partial charge >= 0.3 is 0 Å². The molecule has 1 aliphatic carbocycles. The van der Waals surface area contributed by atoms with Gasteiger partial charge in [0.1, 0.15) is 0 Å². The number of carbonyl (C=O) groups is 2. The number of allylic oxidation sites excluding steroid dienone is 2. The molecule has 5 heteroatoms. The van der Waals surface area contributed by atoms with Crippen LogP contribution in [0.15, 0.2) is 12.2 Å². The van der Waals surface area contributed by atoms with E-state index in [0.29, 0.717) is 25.4 Å². The lowest BCUT2D eigenvalue weighted by Crippen LogP contribution is -2.40. The van der Waals surface area contributed by atoms with Crippen LogP contribution in [0.5, 0.6) is 0 Å². The normalized spacial score (nSPS) is 22.1. The van der Waals surface area contributed by atoms with E-state index >= 15 is 0 Å². The molecule has 1 saturated heterocycles. The first-order valence-corrected chi connectivity index (χ1v) is 8.06. The van der Waals surface area contributed by atoms with Crippen molar-refractivity contribution < 1.29 is 9.59 Å². The highest BCUT2D eigenvalue weighted by Crippen LogP contribution is 2.21. The van der Waals surface area contributed by atoms with Gasteiger partial charge in [-0.15, -0.1) is 6.42 Å². The first-order chi connectivity index (χ1) is 10.7. The molecular weight excluding hydrogens is 278 g/mol. The van der Waals surface area contributed by atoms with Gasteiger partial charge in [0, 0.05) is 32.6 Å². The Morgan fingerprint density at radius 3 is 2.86 bits per heavy atom. The molecule has 1 fully saturated rings. The van der Waals surface area contributed by atoms with Crippen molar-refractivity contribution in [3.8, 4) is 12.3 Å². The van der Waals surface area contributed by atoms with Crippen LogP contribution in [0.4, 0.5) is 0 Å². The van der Waals surface area contributed by atoms with Crippen molar-refractivity contribution >= 4 is 11.8 Å². The summed E-state index contributed by atoms with van der Waals surface area (Å²) in [5.74, 6) is 3.01. The van der Waals surface area contributed by atoms with Crippen LogP contribution in [0.25, 0.3) is 0 Å². The Morgan fingerprint density at radius 2 is 2.14 bits per heavy atom. The zero-order chi connectivity index (χ0) is 15.8. The van der Waals surface area contributed by atoms with E-state index in [-0.39, 0.29) is 18.4 Å². The molecule has 0 aromatic rings. The predicted molar refractivity (Wildman–Crippen MR) is 86.0 cm³/mol. The number of hydrogen-bond donors (Lipinski definition) is 1. The number of terminal acetylenes is 1. The Hall–Kier alpha value is -1.80. The topological polar surface area (TPSA) is 52.7 Å². The Bertz CT molecular complexity index is 467. The lowest BCUT2D eigenvalue weighted by Gasteiger charge is -2.22. The van der Waals surface area contributed by atoms with E-state index in [1.165, 1.54) is 0 Å². The van der Waals surface area contributed by atoms with Crippen molar-refractivity contribution in [3.05, 3.63) is 12.2 Å². The van der Waals surface area contributed by atoms with Gasteiger partial charge in [0.15, 0.2) is 0 Å². The molecule has 2 aliphatic rings.